The molecule has 2 fully saturated rings. The Bertz CT molecular complexity index is 773. The van der Waals surface area contributed by atoms with Crippen LogP contribution >= 0.6 is 11.8 Å². The molecule has 2 aliphatic rings. The lowest BCUT2D eigenvalue weighted by Gasteiger charge is -2.28. The van der Waals surface area contributed by atoms with Gasteiger partial charge in [-0.25, -0.2) is 0 Å². The van der Waals surface area contributed by atoms with Gasteiger partial charge in [0.25, 0.3) is 11.1 Å². The first-order chi connectivity index (χ1) is 12.5. The van der Waals surface area contributed by atoms with Crippen molar-refractivity contribution in [2.24, 2.45) is 0 Å². The Hall–Kier alpha value is -2.52. The molecule has 0 aliphatic carbocycles. The second-order valence-corrected chi connectivity index (χ2v) is 6.69. The maximum Gasteiger partial charge on any atom is 0.294 e. The van der Waals surface area contributed by atoms with Crippen molar-refractivity contribution in [2.45, 2.75) is 0 Å². The van der Waals surface area contributed by atoms with Crippen LogP contribution in [-0.2, 0) is 14.3 Å². The molecular weight excluding hydrogens is 360 g/mol. The van der Waals surface area contributed by atoms with Gasteiger partial charge in [-0.15, -0.1) is 0 Å². The third-order valence-corrected chi connectivity index (χ3v) is 4.94. The fourth-order valence-corrected chi connectivity index (χ4v) is 3.46. The van der Waals surface area contributed by atoms with Gasteiger partial charge in [-0.3, -0.25) is 19.3 Å². The largest absolute Gasteiger partial charge is 0.504 e. The maximum absolute atomic E-state index is 12.5. The molecule has 1 aromatic rings. The van der Waals surface area contributed by atoms with Crippen LogP contribution in [0.15, 0.2) is 23.1 Å². The first-order valence-corrected chi connectivity index (χ1v) is 8.79. The topological polar surface area (TPSA) is 96.4 Å². The third kappa shape index (κ3) is 3.83. The Kier molecular flexibility index (Phi) is 5.48. The molecule has 2 saturated heterocycles. The van der Waals surface area contributed by atoms with Gasteiger partial charge in [0, 0.05) is 13.1 Å². The van der Waals surface area contributed by atoms with E-state index in [1.807, 2.05) is 0 Å². The van der Waals surface area contributed by atoms with Gasteiger partial charge in [-0.1, -0.05) is 6.07 Å². The monoisotopic (exact) mass is 378 g/mol. The standard InChI is InChI=1S/C17H18N2O6S/c1-24-13-8-11(2-3-12(13)20)9-14-16(22)19(17(23)26-14)10-15(21)18-4-6-25-7-5-18/h2-3,8-9,20H,4-7,10H2,1H3. The lowest BCUT2D eigenvalue weighted by atomic mass is 10.2. The number of methoxy groups -OCH3 is 1. The molecule has 8 nitrogen and oxygen atoms in total. The van der Waals surface area contributed by atoms with Crippen LogP contribution in [0.4, 0.5) is 4.79 Å². The molecule has 0 saturated carbocycles. The molecule has 0 unspecified atom stereocenters. The number of aromatic hydroxyl groups is 1. The molecular formula is C17H18N2O6S. The number of thioether (sulfide) groups is 1. The van der Waals surface area contributed by atoms with Gasteiger partial charge in [-0.2, -0.15) is 0 Å². The lowest BCUT2D eigenvalue weighted by Crippen LogP contribution is -2.46. The molecule has 0 atom stereocenters. The quantitative estimate of drug-likeness (QED) is 0.789. The van der Waals surface area contributed by atoms with Gasteiger partial charge >= 0.3 is 0 Å². The maximum atomic E-state index is 12.5. The molecule has 2 heterocycles. The lowest BCUT2D eigenvalue weighted by molar-refractivity contribution is -0.139. The predicted molar refractivity (Wildman–Crippen MR) is 94.7 cm³/mol. The summed E-state index contributed by atoms with van der Waals surface area (Å²) >= 11 is 0.783. The van der Waals surface area contributed by atoms with Crippen molar-refractivity contribution >= 4 is 34.9 Å². The van der Waals surface area contributed by atoms with Crippen LogP contribution < -0.4 is 4.74 Å². The smallest absolute Gasteiger partial charge is 0.294 e. The van der Waals surface area contributed by atoms with Crippen molar-refractivity contribution < 1.29 is 29.0 Å². The highest BCUT2D eigenvalue weighted by Gasteiger charge is 2.37. The zero-order valence-electron chi connectivity index (χ0n) is 14.1. The minimum atomic E-state index is -0.506. The number of rotatable bonds is 4. The van der Waals surface area contributed by atoms with E-state index in [4.69, 9.17) is 9.47 Å². The van der Waals surface area contributed by atoms with E-state index in [9.17, 15) is 19.5 Å². The van der Waals surface area contributed by atoms with E-state index in [-0.39, 0.29) is 28.9 Å². The van der Waals surface area contributed by atoms with Crippen LogP contribution in [0.3, 0.4) is 0 Å². The SMILES string of the molecule is COc1cc(C=C2SC(=O)N(CC(=O)N3CCOCC3)C2=O)ccc1O. The summed E-state index contributed by atoms with van der Waals surface area (Å²) in [4.78, 5) is 39.7. The molecule has 1 N–H and O–H groups in total. The Morgan fingerprint density at radius 3 is 2.77 bits per heavy atom. The number of phenols is 1. The summed E-state index contributed by atoms with van der Waals surface area (Å²) in [5, 5.41) is 9.15. The molecule has 2 aliphatic heterocycles. The fraction of sp³-hybridized carbons (Fsp3) is 0.353. The van der Waals surface area contributed by atoms with E-state index < -0.39 is 11.1 Å². The average molecular weight is 378 g/mol. The molecule has 0 radical (unpaired) electrons. The van der Waals surface area contributed by atoms with Crippen molar-refractivity contribution in [1.29, 1.82) is 0 Å². The van der Waals surface area contributed by atoms with E-state index in [2.05, 4.69) is 0 Å². The van der Waals surface area contributed by atoms with Crippen LogP contribution in [0.1, 0.15) is 5.56 Å². The third-order valence-electron chi connectivity index (χ3n) is 4.03. The van der Waals surface area contributed by atoms with E-state index in [1.165, 1.54) is 19.3 Å². The molecule has 0 spiro atoms. The first kappa shape index (κ1) is 18.3. The molecule has 3 rings (SSSR count). The summed E-state index contributed by atoms with van der Waals surface area (Å²) in [5.41, 5.74) is 0.602. The molecule has 26 heavy (non-hydrogen) atoms. The predicted octanol–water partition coefficient (Wildman–Crippen LogP) is 1.30. The minimum Gasteiger partial charge on any atom is -0.504 e. The number of carbonyl (C=O) groups is 3. The number of hydrogen-bond acceptors (Lipinski definition) is 7. The van der Waals surface area contributed by atoms with Crippen molar-refractivity contribution in [2.75, 3.05) is 40.0 Å². The Balaban J connectivity index is 1.73. The summed E-state index contributed by atoms with van der Waals surface area (Å²) in [6, 6.07) is 4.60. The second kappa shape index (κ2) is 7.79. The number of amides is 3. The molecule has 0 aromatic heterocycles. The number of ether oxygens (including phenoxy) is 2. The van der Waals surface area contributed by atoms with Crippen LogP contribution in [-0.4, -0.2) is 71.9 Å². The fourth-order valence-electron chi connectivity index (χ4n) is 2.62. The van der Waals surface area contributed by atoms with Crippen molar-refractivity contribution in [3.8, 4) is 11.5 Å². The summed E-state index contributed by atoms with van der Waals surface area (Å²) in [7, 11) is 1.42. The highest BCUT2D eigenvalue weighted by Crippen LogP contribution is 2.34. The number of imide groups is 1. The minimum absolute atomic E-state index is 0.0196. The number of benzene rings is 1. The number of phenolic OH excluding ortho intramolecular Hbond substituents is 1. The van der Waals surface area contributed by atoms with Gasteiger partial charge in [-0.05, 0) is 35.5 Å². The number of nitrogens with zero attached hydrogens (tertiary/aromatic N) is 2. The zero-order valence-corrected chi connectivity index (χ0v) is 15.0. The molecule has 138 valence electrons. The Morgan fingerprint density at radius 1 is 1.35 bits per heavy atom. The second-order valence-electron chi connectivity index (χ2n) is 5.69. The summed E-state index contributed by atoms with van der Waals surface area (Å²) in [6.45, 7) is 1.55. The average Bonchev–Trinajstić information content (AvgIpc) is 2.91. The van der Waals surface area contributed by atoms with Crippen LogP contribution in [0, 0.1) is 0 Å². The van der Waals surface area contributed by atoms with Crippen LogP contribution in [0.25, 0.3) is 6.08 Å². The molecule has 3 amide bonds. The van der Waals surface area contributed by atoms with E-state index >= 15 is 0 Å². The van der Waals surface area contributed by atoms with Gasteiger partial charge in [0.15, 0.2) is 11.5 Å². The number of carbonyl (C=O) groups excluding carboxylic acids is 3. The van der Waals surface area contributed by atoms with Gasteiger partial charge < -0.3 is 19.5 Å². The summed E-state index contributed by atoms with van der Waals surface area (Å²) in [6.07, 6.45) is 1.53. The Morgan fingerprint density at radius 2 is 2.08 bits per heavy atom. The number of hydrogen-bond donors (Lipinski definition) is 1. The molecule has 1 aromatic carbocycles. The normalized spacial score (nSPS) is 19.3. The van der Waals surface area contributed by atoms with Crippen molar-refractivity contribution in [3.63, 3.8) is 0 Å². The van der Waals surface area contributed by atoms with Gasteiger partial charge in [0.1, 0.15) is 6.54 Å². The highest BCUT2D eigenvalue weighted by atomic mass is 32.2. The van der Waals surface area contributed by atoms with Crippen LogP contribution in [0.5, 0.6) is 11.5 Å². The summed E-state index contributed by atoms with van der Waals surface area (Å²) in [5.74, 6) is -0.536. The van der Waals surface area contributed by atoms with E-state index in [0.29, 0.717) is 31.9 Å². The Labute approximate surface area is 154 Å². The highest BCUT2D eigenvalue weighted by molar-refractivity contribution is 8.18. The van der Waals surface area contributed by atoms with E-state index in [1.54, 1.807) is 17.0 Å². The summed E-state index contributed by atoms with van der Waals surface area (Å²) < 4.78 is 10.2. The molecule has 9 heteroatoms. The van der Waals surface area contributed by atoms with Crippen molar-refractivity contribution in [1.82, 2.24) is 9.80 Å². The van der Waals surface area contributed by atoms with Crippen molar-refractivity contribution in [3.05, 3.63) is 28.7 Å². The zero-order chi connectivity index (χ0) is 18.7. The molecule has 0 bridgehead atoms. The van der Waals surface area contributed by atoms with Gasteiger partial charge in [0.2, 0.25) is 5.91 Å². The van der Waals surface area contributed by atoms with Crippen LogP contribution in [0.2, 0.25) is 0 Å². The number of morpholine rings is 1. The van der Waals surface area contributed by atoms with Gasteiger partial charge in [0.05, 0.1) is 25.2 Å². The van der Waals surface area contributed by atoms with E-state index in [0.717, 1.165) is 16.7 Å². The first-order valence-electron chi connectivity index (χ1n) is 7.97.